The van der Waals surface area contributed by atoms with E-state index in [1.807, 2.05) is 6.92 Å². The zero-order valence-electron chi connectivity index (χ0n) is 66.0. The van der Waals surface area contributed by atoms with Gasteiger partial charge in [0.05, 0.1) is 135 Å². The molecule has 2 aliphatic rings. The van der Waals surface area contributed by atoms with Gasteiger partial charge in [0.1, 0.15) is 32.5 Å². The summed E-state index contributed by atoms with van der Waals surface area (Å²) < 4.78 is 54.6. The summed E-state index contributed by atoms with van der Waals surface area (Å²) in [5, 5.41) is 39.9. The fourth-order valence-electron chi connectivity index (χ4n) is 10.9. The Morgan fingerprint density at radius 2 is 1.04 bits per heavy atom. The van der Waals surface area contributed by atoms with Crippen LogP contribution < -0.4 is 60.2 Å². The molecule has 0 aromatic heterocycles. The fourth-order valence-corrected chi connectivity index (χ4v) is 14.2. The maximum Gasteiger partial charge on any atom is 0.304 e. The minimum absolute atomic E-state index is 0. The summed E-state index contributed by atoms with van der Waals surface area (Å²) in [6.45, 7) is 5.51. The van der Waals surface area contributed by atoms with Crippen LogP contribution in [0.3, 0.4) is 0 Å². The number of fused-ring (bicyclic) bond motifs is 5. The molecule has 1 aromatic carbocycles. The minimum Gasteiger partial charge on any atom is -0.481 e. The van der Waals surface area contributed by atoms with Crippen molar-refractivity contribution in [2.24, 2.45) is 34.2 Å². The Morgan fingerprint density at radius 3 is 1.60 bits per heavy atom. The first-order valence-corrected chi connectivity index (χ1v) is 42.1. The predicted octanol–water partition coefficient (Wildman–Crippen LogP) is -1.37. The van der Waals surface area contributed by atoms with Gasteiger partial charge in [0.15, 0.2) is 34.9 Å². The van der Waals surface area contributed by atoms with Gasteiger partial charge in [-0.2, -0.15) is 0 Å². The number of carboxylic acid groups (broad SMARTS) is 1. The number of ether oxygens (including phenoxy) is 10. The third-order valence-corrected chi connectivity index (χ3v) is 20.3. The zero-order chi connectivity index (χ0) is 83.2. The lowest BCUT2D eigenvalue weighted by Gasteiger charge is -2.26. The van der Waals surface area contributed by atoms with E-state index >= 15 is 0 Å². The lowest BCUT2D eigenvalue weighted by atomic mass is 9.90. The summed E-state index contributed by atoms with van der Waals surface area (Å²) in [6, 6.07) is 3.26. The van der Waals surface area contributed by atoms with E-state index in [4.69, 9.17) is 63.9 Å². The van der Waals surface area contributed by atoms with Gasteiger partial charge in [0.25, 0.3) is 0 Å². The van der Waals surface area contributed by atoms with Gasteiger partial charge < -0.3 is 118 Å². The smallest absolute Gasteiger partial charge is 0.304 e. The molecule has 17 N–H and O–H groups in total. The van der Waals surface area contributed by atoms with E-state index in [1.54, 1.807) is 30.3 Å². The van der Waals surface area contributed by atoms with E-state index in [2.05, 4.69) is 47.5 Å². The van der Waals surface area contributed by atoms with Crippen molar-refractivity contribution in [3.63, 3.8) is 0 Å². The van der Waals surface area contributed by atoms with E-state index in [-0.39, 0.29) is 171 Å². The molecule has 2 aliphatic heterocycles. The number of guanidine groups is 1. The van der Waals surface area contributed by atoms with Crippen LogP contribution in [-0.2, 0) is 121 Å². The van der Waals surface area contributed by atoms with Crippen molar-refractivity contribution in [2.45, 2.75) is 127 Å². The number of nitrogens with two attached hydrogens (primary N) is 2. The average Bonchev–Trinajstić information content (AvgIpc) is 1.31. The number of aliphatic carboxylic acids is 1. The van der Waals surface area contributed by atoms with Gasteiger partial charge >= 0.3 is 5.97 Å². The average molecular weight is 1690 g/mol. The molecule has 2 bridgehead atoms. The van der Waals surface area contributed by atoms with Gasteiger partial charge in [0, 0.05) is 107 Å². The van der Waals surface area contributed by atoms with Crippen LogP contribution >= 0.6 is 33.3 Å². The zero-order valence-corrected chi connectivity index (χ0v) is 68.4. The molecular formula is C74H122N12O26S3. The monoisotopic (exact) mass is 1690 g/mol. The maximum atomic E-state index is 14.9. The number of nitrogens with one attached hydrogen (secondary N) is 8. The number of thioether (sulfide) groups is 1. The number of carbonyl (C=O) groups excluding carboxylic acids is 13. The van der Waals surface area contributed by atoms with Crippen molar-refractivity contribution in [3.8, 4) is 0 Å². The largest absolute Gasteiger partial charge is 0.481 e. The molecule has 8 amide bonds. The van der Waals surface area contributed by atoms with Gasteiger partial charge in [-0.05, 0) is 63.4 Å². The van der Waals surface area contributed by atoms with Crippen molar-refractivity contribution in [2.75, 3.05) is 194 Å². The van der Waals surface area contributed by atoms with Crippen molar-refractivity contribution in [1.82, 2.24) is 48.7 Å². The number of carbonyl (C=O) groups is 14. The Balaban J connectivity index is 0.0000449. The standard InChI is InChI=1S/C74H119N11O26S3.H3N/c1-2-21-110-45-56(87)14-9-22-102-26-30-106-31-27-103-23-10-16-62(89)59-48-112-51-68(95)82-58(15-6-7-17-77-66(93)46-111-47-67(94)79-20-25-105-29-33-108-35-37-109-36-34-107-32-28-104-24-19-78-65(92)44-86)73(101)85-61-50-114-113-49-60(64(91)41-54(71(99)83-59)38-52-11-4-3-5-12-52)84-72(100)55(42-69(96)97)39-57(88)43-81-70(98)53(40-63(61)90)13-8-18-80-74(75)76;/h3-5,11-12,53-55,58-61,86H,2,6-10,13-51H2,1H3,(H,77,93)(H,78,92)(H,79,94)(H,81,98)(H,82,95)(H,83,99)(H,84,100)(H,85,101)(H,96,97)(H4,75,76,80);1H3/t53-,54-,55+,58+,59+,60+,61+;/m1./s1. The lowest BCUT2D eigenvalue weighted by molar-refractivity contribution is -0.142. The van der Waals surface area contributed by atoms with Crippen LogP contribution in [-0.4, -0.2) is 317 Å². The number of unbranched alkanes of at least 4 members (excludes halogenated alkanes) is 1. The summed E-state index contributed by atoms with van der Waals surface area (Å²) >= 11 is 0.961. The van der Waals surface area contributed by atoms with Crippen LogP contribution in [0, 0.1) is 17.8 Å². The first-order valence-electron chi connectivity index (χ1n) is 38.5. The Labute approximate surface area is 683 Å². The molecule has 0 spiro atoms. The molecule has 2 saturated heterocycles. The second-order valence-electron chi connectivity index (χ2n) is 26.4. The number of benzene rings is 1. The summed E-state index contributed by atoms with van der Waals surface area (Å²) in [5.74, 6) is -14.6. The lowest BCUT2D eigenvalue weighted by Crippen LogP contribution is -2.53. The molecule has 652 valence electrons. The number of hydrogen-bond acceptors (Lipinski definition) is 30. The summed E-state index contributed by atoms with van der Waals surface area (Å²) in [5.41, 5.74) is 11.7. The maximum absolute atomic E-state index is 14.9. The highest BCUT2D eigenvalue weighted by Gasteiger charge is 2.36. The SMILES string of the molecule is CCCOCC(=O)CCCOCCOCCOCCCC(=O)[C@@H]1CSCC(=O)N[C@@H](CCCCNC(=O)COCC(=O)NCCOCCOCCOCCOCCOCCNC(=O)CO)C(=O)N[C@H]2CSSC[C@H](NC(=O)[C@H](CC(=O)O)CC(=O)CNC(=O)[C@H](CCCN=C(N)N)CC2=O)C(=O)C[C@@H](Cc2ccccc2)C(=O)N1.N. The number of aliphatic imine (C=N–C) groups is 1. The van der Waals surface area contributed by atoms with E-state index in [9.17, 15) is 72.2 Å². The number of hydrogen-bond donors (Lipinski definition) is 13. The summed E-state index contributed by atoms with van der Waals surface area (Å²) in [7, 11) is 1.99. The highest BCUT2D eigenvalue weighted by Crippen LogP contribution is 2.27. The molecule has 0 saturated carbocycles. The van der Waals surface area contributed by atoms with Gasteiger partial charge in [-0.1, -0.05) is 58.8 Å². The second-order valence-corrected chi connectivity index (χ2v) is 30.0. The quantitative estimate of drug-likeness (QED) is 0.0155. The second kappa shape index (κ2) is 66.6. The van der Waals surface area contributed by atoms with E-state index in [1.165, 1.54) is 0 Å². The molecule has 0 unspecified atom stereocenters. The van der Waals surface area contributed by atoms with Crippen molar-refractivity contribution in [3.05, 3.63) is 35.9 Å². The van der Waals surface area contributed by atoms with E-state index in [0.29, 0.717) is 84.5 Å². The molecule has 41 heteroatoms. The van der Waals surface area contributed by atoms with Gasteiger partial charge in [0.2, 0.25) is 47.3 Å². The highest BCUT2D eigenvalue weighted by molar-refractivity contribution is 8.76. The third-order valence-electron chi connectivity index (χ3n) is 16.8. The van der Waals surface area contributed by atoms with E-state index < -0.39 is 170 Å². The Kier molecular flexibility index (Phi) is 60.1. The highest BCUT2D eigenvalue weighted by atomic mass is 33.1. The van der Waals surface area contributed by atoms with Crippen LogP contribution in [0.5, 0.6) is 0 Å². The molecule has 2 fully saturated rings. The van der Waals surface area contributed by atoms with Crippen LogP contribution in [0.25, 0.3) is 0 Å². The number of ketones is 5. The summed E-state index contributed by atoms with van der Waals surface area (Å²) in [6.07, 6.45) is -0.201. The topological polar surface area (TPSA) is 567 Å². The number of carboxylic acids is 1. The molecule has 2 heterocycles. The number of Topliss-reactive ketones (excluding diaryl/α,β-unsaturated/α-hetero) is 5. The number of aliphatic hydroxyl groups is 1. The molecule has 1 aromatic rings. The molecule has 3 rings (SSSR count). The number of nitrogens with zero attached hydrogens (tertiary/aromatic N) is 1. The van der Waals surface area contributed by atoms with Crippen molar-refractivity contribution >= 4 is 121 Å². The van der Waals surface area contributed by atoms with Gasteiger partial charge in [-0.15, -0.1) is 11.8 Å². The van der Waals surface area contributed by atoms with Crippen LogP contribution in [0.4, 0.5) is 0 Å². The Bertz CT molecular complexity index is 3080. The third kappa shape index (κ3) is 52.8. The first-order chi connectivity index (χ1) is 55.1. The van der Waals surface area contributed by atoms with E-state index in [0.717, 1.165) is 39.8 Å². The molecular weight excluding hydrogens is 1570 g/mol. The predicted molar refractivity (Wildman–Crippen MR) is 427 cm³/mol. The molecule has 7 atom stereocenters. The molecule has 38 nitrogen and oxygen atoms in total. The van der Waals surface area contributed by atoms with Crippen molar-refractivity contribution in [1.29, 1.82) is 0 Å². The van der Waals surface area contributed by atoms with Gasteiger partial charge in [-0.3, -0.25) is 72.1 Å². The van der Waals surface area contributed by atoms with Crippen LogP contribution in [0.1, 0.15) is 102 Å². The Hall–Kier alpha value is -7.36. The van der Waals surface area contributed by atoms with Crippen molar-refractivity contribution < 1.29 is 125 Å². The van der Waals surface area contributed by atoms with Crippen LogP contribution in [0.2, 0.25) is 0 Å². The number of aliphatic hydroxyl groups excluding tert-OH is 1. The fraction of sp³-hybridized carbons (Fsp3) is 0.716. The molecule has 0 aliphatic carbocycles. The number of amides is 8. The normalized spacial score (nSPS) is 19.2. The molecule has 115 heavy (non-hydrogen) atoms. The summed E-state index contributed by atoms with van der Waals surface area (Å²) in [4.78, 5) is 194. The van der Waals surface area contributed by atoms with Gasteiger partial charge in [-0.25, -0.2) is 0 Å². The Morgan fingerprint density at radius 1 is 0.522 bits per heavy atom. The minimum atomic E-state index is -1.54. The van der Waals surface area contributed by atoms with Crippen LogP contribution in [0.15, 0.2) is 35.3 Å². The molecule has 0 radical (unpaired) electrons. The first kappa shape index (κ1) is 104. The number of rotatable bonds is 55.